The van der Waals surface area contributed by atoms with Crippen molar-refractivity contribution in [1.29, 1.82) is 0 Å². The lowest BCUT2D eigenvalue weighted by Gasteiger charge is -2.35. The number of hydrogen-bond donors (Lipinski definition) is 1. The molecule has 2 fully saturated rings. The zero-order valence-corrected chi connectivity index (χ0v) is 13.7. The van der Waals surface area contributed by atoms with E-state index in [9.17, 15) is 0 Å². The minimum absolute atomic E-state index is 0.201. The van der Waals surface area contributed by atoms with E-state index in [1.54, 1.807) is 7.11 Å². The SMILES string of the molecule is COCCNCCN(C)CCC1CCC2(CC1)OCCO2. The summed E-state index contributed by atoms with van der Waals surface area (Å²) < 4.78 is 16.6. The zero-order chi connectivity index (χ0) is 15.0. The van der Waals surface area contributed by atoms with Gasteiger partial charge in [-0.15, -0.1) is 0 Å². The van der Waals surface area contributed by atoms with Gasteiger partial charge in [0.2, 0.25) is 0 Å². The molecule has 0 unspecified atom stereocenters. The van der Waals surface area contributed by atoms with Gasteiger partial charge in [0.05, 0.1) is 19.8 Å². The Balaban J connectivity index is 1.50. The van der Waals surface area contributed by atoms with Gasteiger partial charge in [-0.25, -0.2) is 0 Å². The third-order valence-corrected chi connectivity index (χ3v) is 4.75. The molecule has 21 heavy (non-hydrogen) atoms. The fraction of sp³-hybridized carbons (Fsp3) is 1.00. The molecule has 1 saturated heterocycles. The largest absolute Gasteiger partial charge is 0.383 e. The molecule has 0 bridgehead atoms. The lowest BCUT2D eigenvalue weighted by atomic mass is 9.83. The summed E-state index contributed by atoms with van der Waals surface area (Å²) >= 11 is 0. The molecular weight excluding hydrogens is 268 g/mol. The molecule has 0 amide bonds. The highest BCUT2D eigenvalue weighted by Crippen LogP contribution is 2.39. The Labute approximate surface area is 129 Å². The normalized spacial score (nSPS) is 22.4. The van der Waals surface area contributed by atoms with Crippen LogP contribution in [0.2, 0.25) is 0 Å². The molecule has 2 aliphatic rings. The van der Waals surface area contributed by atoms with Crippen LogP contribution in [0.25, 0.3) is 0 Å². The minimum Gasteiger partial charge on any atom is -0.383 e. The predicted octanol–water partition coefficient (Wildman–Crippen LogP) is 1.48. The third-order valence-electron chi connectivity index (χ3n) is 4.75. The van der Waals surface area contributed by atoms with Crippen molar-refractivity contribution in [3.8, 4) is 0 Å². The molecule has 0 aromatic rings. The van der Waals surface area contributed by atoms with Crippen LogP contribution in [0, 0.1) is 5.92 Å². The average molecular weight is 300 g/mol. The molecule has 0 radical (unpaired) electrons. The lowest BCUT2D eigenvalue weighted by molar-refractivity contribution is -0.182. The Hall–Kier alpha value is -0.200. The lowest BCUT2D eigenvalue weighted by Crippen LogP contribution is -2.36. The monoisotopic (exact) mass is 300 g/mol. The first kappa shape index (κ1) is 17.2. The molecule has 0 aromatic carbocycles. The first-order valence-corrected chi connectivity index (χ1v) is 8.40. The number of nitrogens with one attached hydrogen (secondary N) is 1. The summed E-state index contributed by atoms with van der Waals surface area (Å²) in [4.78, 5) is 2.42. The van der Waals surface area contributed by atoms with Crippen LogP contribution < -0.4 is 5.32 Å². The Bertz CT molecular complexity index is 273. The van der Waals surface area contributed by atoms with Crippen LogP contribution >= 0.6 is 0 Å². The van der Waals surface area contributed by atoms with E-state index in [1.165, 1.54) is 25.8 Å². The highest BCUT2D eigenvalue weighted by Gasteiger charge is 2.39. The van der Waals surface area contributed by atoms with Gasteiger partial charge in [-0.3, -0.25) is 0 Å². The number of rotatable bonds is 9. The smallest absolute Gasteiger partial charge is 0.168 e. The van der Waals surface area contributed by atoms with Crippen molar-refractivity contribution in [3.63, 3.8) is 0 Å². The Kier molecular flexibility index (Phi) is 7.40. The molecule has 124 valence electrons. The summed E-state index contributed by atoms with van der Waals surface area (Å²) in [6, 6.07) is 0. The van der Waals surface area contributed by atoms with Crippen LogP contribution in [0.5, 0.6) is 0 Å². The van der Waals surface area contributed by atoms with Gasteiger partial charge in [0.1, 0.15) is 0 Å². The van der Waals surface area contributed by atoms with Crippen LogP contribution in [-0.4, -0.2) is 70.8 Å². The molecule has 1 aliphatic carbocycles. The van der Waals surface area contributed by atoms with E-state index >= 15 is 0 Å². The summed E-state index contributed by atoms with van der Waals surface area (Å²) in [5, 5.41) is 3.39. The van der Waals surface area contributed by atoms with Crippen molar-refractivity contribution in [1.82, 2.24) is 10.2 Å². The maximum Gasteiger partial charge on any atom is 0.168 e. The Morgan fingerprint density at radius 2 is 1.86 bits per heavy atom. The second-order valence-corrected chi connectivity index (χ2v) is 6.39. The molecule has 1 aliphatic heterocycles. The quantitative estimate of drug-likeness (QED) is 0.653. The number of ether oxygens (including phenoxy) is 3. The molecule has 1 saturated carbocycles. The fourth-order valence-corrected chi connectivity index (χ4v) is 3.28. The van der Waals surface area contributed by atoms with E-state index in [-0.39, 0.29) is 5.79 Å². The fourth-order valence-electron chi connectivity index (χ4n) is 3.28. The standard InChI is InChI=1S/C16H32N2O3/c1-18(11-8-17-9-12-19-2)10-5-15-3-6-16(7-4-15)20-13-14-21-16/h15,17H,3-14H2,1-2H3. The molecule has 0 atom stereocenters. The van der Waals surface area contributed by atoms with Crippen molar-refractivity contribution in [2.75, 3.05) is 60.2 Å². The average Bonchev–Trinajstić information content (AvgIpc) is 2.95. The summed E-state index contributed by atoms with van der Waals surface area (Å²) in [5.41, 5.74) is 0. The van der Waals surface area contributed by atoms with Gasteiger partial charge in [-0.1, -0.05) is 0 Å². The summed E-state index contributed by atoms with van der Waals surface area (Å²) in [6.07, 6.45) is 5.96. The highest BCUT2D eigenvalue weighted by atomic mass is 16.7. The van der Waals surface area contributed by atoms with E-state index in [4.69, 9.17) is 14.2 Å². The Morgan fingerprint density at radius 1 is 1.14 bits per heavy atom. The Morgan fingerprint density at radius 3 is 2.52 bits per heavy atom. The predicted molar refractivity (Wildman–Crippen MR) is 83.5 cm³/mol. The molecular formula is C16H32N2O3. The summed E-state index contributed by atoms with van der Waals surface area (Å²) in [5.74, 6) is 0.639. The number of hydrogen-bond acceptors (Lipinski definition) is 5. The van der Waals surface area contributed by atoms with E-state index in [1.807, 2.05) is 0 Å². The third kappa shape index (κ3) is 5.83. The van der Waals surface area contributed by atoms with Gasteiger partial charge in [-0.2, -0.15) is 0 Å². The second-order valence-electron chi connectivity index (χ2n) is 6.39. The first-order chi connectivity index (χ1) is 10.2. The maximum absolute atomic E-state index is 5.79. The van der Waals surface area contributed by atoms with Gasteiger partial charge in [0.25, 0.3) is 0 Å². The molecule has 2 rings (SSSR count). The first-order valence-electron chi connectivity index (χ1n) is 8.40. The van der Waals surface area contributed by atoms with Crippen molar-refractivity contribution in [2.24, 2.45) is 5.92 Å². The van der Waals surface area contributed by atoms with E-state index in [0.717, 1.165) is 58.2 Å². The molecule has 1 N–H and O–H groups in total. The van der Waals surface area contributed by atoms with Crippen molar-refractivity contribution < 1.29 is 14.2 Å². The molecule has 0 aromatic heterocycles. The van der Waals surface area contributed by atoms with Gasteiger partial charge in [0, 0.05) is 39.6 Å². The van der Waals surface area contributed by atoms with Crippen molar-refractivity contribution in [2.45, 2.75) is 37.9 Å². The van der Waals surface area contributed by atoms with E-state index < -0.39 is 0 Å². The summed E-state index contributed by atoms with van der Waals surface area (Å²) in [6.45, 7) is 6.62. The number of nitrogens with zero attached hydrogens (tertiary/aromatic N) is 1. The van der Waals surface area contributed by atoms with Crippen LogP contribution in [0.1, 0.15) is 32.1 Å². The number of likely N-dealkylation sites (N-methyl/N-ethyl adjacent to an activating group) is 1. The van der Waals surface area contributed by atoms with Crippen molar-refractivity contribution >= 4 is 0 Å². The van der Waals surface area contributed by atoms with Crippen LogP contribution in [-0.2, 0) is 14.2 Å². The van der Waals surface area contributed by atoms with Crippen LogP contribution in [0.3, 0.4) is 0 Å². The minimum atomic E-state index is -0.201. The molecule has 5 nitrogen and oxygen atoms in total. The molecule has 1 spiro atoms. The van der Waals surface area contributed by atoms with Gasteiger partial charge < -0.3 is 24.4 Å². The highest BCUT2D eigenvalue weighted by molar-refractivity contribution is 4.82. The van der Waals surface area contributed by atoms with E-state index in [2.05, 4.69) is 17.3 Å². The second kappa shape index (κ2) is 9.06. The van der Waals surface area contributed by atoms with Crippen LogP contribution in [0.15, 0.2) is 0 Å². The van der Waals surface area contributed by atoms with Crippen LogP contribution in [0.4, 0.5) is 0 Å². The van der Waals surface area contributed by atoms with Gasteiger partial charge in [0.15, 0.2) is 5.79 Å². The zero-order valence-electron chi connectivity index (χ0n) is 13.7. The topological polar surface area (TPSA) is 43.0 Å². The maximum atomic E-state index is 5.79. The molecule has 1 heterocycles. The molecule has 5 heteroatoms. The van der Waals surface area contributed by atoms with Crippen molar-refractivity contribution in [3.05, 3.63) is 0 Å². The van der Waals surface area contributed by atoms with Gasteiger partial charge >= 0.3 is 0 Å². The summed E-state index contributed by atoms with van der Waals surface area (Å²) in [7, 11) is 3.95. The van der Waals surface area contributed by atoms with Gasteiger partial charge in [-0.05, 0) is 38.8 Å². The number of methoxy groups -OCH3 is 1. The van der Waals surface area contributed by atoms with E-state index in [0.29, 0.717) is 0 Å².